The summed E-state index contributed by atoms with van der Waals surface area (Å²) in [6.45, 7) is 2.73. The number of hydrogen-bond acceptors (Lipinski definition) is 3. The molecule has 1 aliphatic carbocycles. The highest BCUT2D eigenvalue weighted by Crippen LogP contribution is 2.40. The lowest BCUT2D eigenvalue weighted by atomic mass is 10.0. The molecule has 3 nitrogen and oxygen atoms in total. The number of hydrogen-bond donors (Lipinski definition) is 1. The lowest BCUT2D eigenvalue weighted by Crippen LogP contribution is -2.29. The number of rotatable bonds is 5. The predicted molar refractivity (Wildman–Crippen MR) is 66.9 cm³/mol. The molecule has 0 spiro atoms. The molecule has 1 saturated carbocycles. The Hall–Kier alpha value is -1.35. The zero-order valence-electron chi connectivity index (χ0n) is 10.4. The maximum absolute atomic E-state index is 11.7. The Labute approximate surface area is 102 Å². The van der Waals surface area contributed by atoms with Gasteiger partial charge in [0.25, 0.3) is 0 Å². The summed E-state index contributed by atoms with van der Waals surface area (Å²) in [4.78, 5) is 11.7. The van der Waals surface area contributed by atoms with Crippen LogP contribution in [0, 0.1) is 0 Å². The highest BCUT2D eigenvalue weighted by Gasteiger charge is 2.26. The normalized spacial score (nSPS) is 16.6. The van der Waals surface area contributed by atoms with Crippen LogP contribution in [0.2, 0.25) is 0 Å². The first-order chi connectivity index (χ1) is 8.26. The van der Waals surface area contributed by atoms with Crippen molar-refractivity contribution in [2.24, 2.45) is 0 Å². The Kier molecular flexibility index (Phi) is 3.79. The summed E-state index contributed by atoms with van der Waals surface area (Å²) in [7, 11) is 1.43. The standard InChI is InChI=1S/C14H19NO2/c1-3-15-13(14(16)17-2)12-6-4-5-11(9-12)10-7-8-10/h4-6,9-10,13,15H,3,7-8H2,1-2H3. The molecule has 0 aliphatic heterocycles. The van der Waals surface area contributed by atoms with Crippen molar-refractivity contribution < 1.29 is 9.53 Å². The van der Waals surface area contributed by atoms with E-state index in [0.29, 0.717) is 5.92 Å². The number of carbonyl (C=O) groups is 1. The van der Waals surface area contributed by atoms with E-state index in [9.17, 15) is 4.79 Å². The first-order valence-electron chi connectivity index (χ1n) is 6.17. The smallest absolute Gasteiger partial charge is 0.327 e. The van der Waals surface area contributed by atoms with Crippen LogP contribution in [0.4, 0.5) is 0 Å². The lowest BCUT2D eigenvalue weighted by molar-refractivity contribution is -0.143. The van der Waals surface area contributed by atoms with Gasteiger partial charge in [-0.3, -0.25) is 0 Å². The van der Waals surface area contributed by atoms with Gasteiger partial charge in [0.05, 0.1) is 7.11 Å². The third-order valence-corrected chi connectivity index (χ3v) is 3.14. The van der Waals surface area contributed by atoms with E-state index in [1.165, 1.54) is 25.5 Å². The van der Waals surface area contributed by atoms with Crippen molar-refractivity contribution in [3.05, 3.63) is 35.4 Å². The molecule has 17 heavy (non-hydrogen) atoms. The van der Waals surface area contributed by atoms with E-state index < -0.39 is 0 Å². The Balaban J connectivity index is 2.21. The van der Waals surface area contributed by atoms with E-state index in [1.807, 2.05) is 19.1 Å². The van der Waals surface area contributed by atoms with Crippen molar-refractivity contribution in [1.29, 1.82) is 0 Å². The van der Waals surface area contributed by atoms with E-state index in [0.717, 1.165) is 12.1 Å². The Bertz CT molecular complexity index is 399. The quantitative estimate of drug-likeness (QED) is 0.794. The van der Waals surface area contributed by atoms with E-state index in [2.05, 4.69) is 17.4 Å². The van der Waals surface area contributed by atoms with Crippen molar-refractivity contribution in [1.82, 2.24) is 5.32 Å². The molecule has 0 heterocycles. The molecule has 1 N–H and O–H groups in total. The van der Waals surface area contributed by atoms with Crippen LogP contribution in [0.25, 0.3) is 0 Å². The zero-order valence-corrected chi connectivity index (χ0v) is 10.4. The number of nitrogens with one attached hydrogen (secondary N) is 1. The molecule has 0 saturated heterocycles. The van der Waals surface area contributed by atoms with E-state index in [4.69, 9.17) is 4.74 Å². The van der Waals surface area contributed by atoms with Gasteiger partial charge in [-0.15, -0.1) is 0 Å². The Morgan fingerprint density at radius 3 is 2.88 bits per heavy atom. The van der Waals surface area contributed by atoms with Gasteiger partial charge in [0.15, 0.2) is 0 Å². The average molecular weight is 233 g/mol. The maximum Gasteiger partial charge on any atom is 0.327 e. The molecule has 1 fully saturated rings. The molecule has 1 aliphatic rings. The molecule has 92 valence electrons. The first kappa shape index (κ1) is 12.1. The summed E-state index contributed by atoms with van der Waals surface area (Å²) in [6.07, 6.45) is 2.54. The molecule has 1 unspecified atom stereocenters. The summed E-state index contributed by atoms with van der Waals surface area (Å²) >= 11 is 0. The fraction of sp³-hybridized carbons (Fsp3) is 0.500. The molecule has 3 heteroatoms. The zero-order chi connectivity index (χ0) is 12.3. The molecule has 1 aromatic carbocycles. The van der Waals surface area contributed by atoms with Gasteiger partial charge in [-0.1, -0.05) is 31.2 Å². The largest absolute Gasteiger partial charge is 0.468 e. The number of benzene rings is 1. The van der Waals surface area contributed by atoms with Crippen LogP contribution in [0.3, 0.4) is 0 Å². The number of esters is 1. The lowest BCUT2D eigenvalue weighted by Gasteiger charge is -2.16. The fourth-order valence-corrected chi connectivity index (χ4v) is 2.07. The predicted octanol–water partition coefficient (Wildman–Crippen LogP) is 2.39. The second kappa shape index (κ2) is 5.32. The summed E-state index contributed by atoms with van der Waals surface area (Å²) in [6, 6.07) is 7.93. The van der Waals surface area contributed by atoms with Crippen molar-refractivity contribution in [2.45, 2.75) is 31.7 Å². The van der Waals surface area contributed by atoms with Crippen LogP contribution in [-0.2, 0) is 9.53 Å². The van der Waals surface area contributed by atoms with Gasteiger partial charge in [0, 0.05) is 0 Å². The average Bonchev–Trinajstić information content (AvgIpc) is 3.19. The minimum atomic E-state index is -0.344. The highest BCUT2D eigenvalue weighted by molar-refractivity contribution is 5.77. The monoisotopic (exact) mass is 233 g/mol. The minimum Gasteiger partial charge on any atom is -0.468 e. The van der Waals surface area contributed by atoms with Gasteiger partial charge < -0.3 is 10.1 Å². The van der Waals surface area contributed by atoms with Crippen LogP contribution >= 0.6 is 0 Å². The second-order valence-electron chi connectivity index (χ2n) is 4.46. The molecule has 0 aromatic heterocycles. The van der Waals surface area contributed by atoms with E-state index in [-0.39, 0.29) is 12.0 Å². The molecule has 0 bridgehead atoms. The summed E-state index contributed by atoms with van der Waals surface area (Å²) in [5.74, 6) is 0.481. The molecule has 2 rings (SSSR count). The van der Waals surface area contributed by atoms with Crippen LogP contribution in [0.1, 0.15) is 42.9 Å². The van der Waals surface area contributed by atoms with Gasteiger partial charge in [-0.25, -0.2) is 4.79 Å². The summed E-state index contributed by atoms with van der Waals surface area (Å²) < 4.78 is 4.83. The third-order valence-electron chi connectivity index (χ3n) is 3.14. The molecule has 1 atom stereocenters. The molecular weight excluding hydrogens is 214 g/mol. The number of carbonyl (C=O) groups excluding carboxylic acids is 1. The van der Waals surface area contributed by atoms with Crippen LogP contribution < -0.4 is 5.32 Å². The van der Waals surface area contributed by atoms with Crippen molar-refractivity contribution in [2.75, 3.05) is 13.7 Å². The van der Waals surface area contributed by atoms with Crippen molar-refractivity contribution >= 4 is 5.97 Å². The highest BCUT2D eigenvalue weighted by atomic mass is 16.5. The topological polar surface area (TPSA) is 38.3 Å². The van der Waals surface area contributed by atoms with Crippen LogP contribution in [0.15, 0.2) is 24.3 Å². The van der Waals surface area contributed by atoms with Crippen LogP contribution in [0.5, 0.6) is 0 Å². The number of methoxy groups -OCH3 is 1. The van der Waals surface area contributed by atoms with E-state index >= 15 is 0 Å². The maximum atomic E-state index is 11.7. The summed E-state index contributed by atoms with van der Waals surface area (Å²) in [5.41, 5.74) is 2.34. The SMILES string of the molecule is CCNC(C(=O)OC)c1cccc(C2CC2)c1. The van der Waals surface area contributed by atoms with Gasteiger partial charge in [-0.05, 0) is 36.4 Å². The van der Waals surface area contributed by atoms with Crippen LogP contribution in [-0.4, -0.2) is 19.6 Å². The third kappa shape index (κ3) is 2.86. The fourth-order valence-electron chi connectivity index (χ4n) is 2.07. The van der Waals surface area contributed by atoms with Gasteiger partial charge in [0.2, 0.25) is 0 Å². The molecule has 1 aromatic rings. The molecular formula is C14H19NO2. The summed E-state index contributed by atoms with van der Waals surface area (Å²) in [5, 5.41) is 3.16. The van der Waals surface area contributed by atoms with Gasteiger partial charge in [-0.2, -0.15) is 0 Å². The first-order valence-corrected chi connectivity index (χ1v) is 6.17. The van der Waals surface area contributed by atoms with Gasteiger partial charge in [0.1, 0.15) is 6.04 Å². The number of likely N-dealkylation sites (N-methyl/N-ethyl adjacent to an activating group) is 1. The van der Waals surface area contributed by atoms with Gasteiger partial charge >= 0.3 is 5.97 Å². The van der Waals surface area contributed by atoms with Crippen molar-refractivity contribution in [3.63, 3.8) is 0 Å². The second-order valence-corrected chi connectivity index (χ2v) is 4.46. The van der Waals surface area contributed by atoms with Crippen molar-refractivity contribution in [3.8, 4) is 0 Å². The Morgan fingerprint density at radius 1 is 1.53 bits per heavy atom. The molecule has 0 radical (unpaired) electrons. The molecule has 0 amide bonds. The van der Waals surface area contributed by atoms with E-state index in [1.54, 1.807) is 0 Å². The minimum absolute atomic E-state index is 0.222. The number of ether oxygens (including phenoxy) is 1. The Morgan fingerprint density at radius 2 is 2.29 bits per heavy atom.